The van der Waals surface area contributed by atoms with Crippen LogP contribution in [0.3, 0.4) is 0 Å². The molecule has 0 amide bonds. The molecule has 2 N–H and O–H groups in total. The Morgan fingerprint density at radius 3 is 2.71 bits per heavy atom. The molecule has 0 fully saturated rings. The Morgan fingerprint density at radius 1 is 1.48 bits per heavy atom. The molecule has 9 heteroatoms. The Morgan fingerprint density at radius 2 is 2.19 bits per heavy atom. The molecule has 0 radical (unpaired) electrons. The Bertz CT molecular complexity index is 523. The third-order valence-corrected chi connectivity index (χ3v) is 2.63. The molecule has 0 unspecified atom stereocenters. The molecule has 0 saturated carbocycles. The fraction of sp³-hybridized carbons (Fsp3) is 0.417. The van der Waals surface area contributed by atoms with Gasteiger partial charge in [-0.2, -0.15) is 0 Å². The predicted molar refractivity (Wildman–Crippen MR) is 76.5 cm³/mol. The van der Waals surface area contributed by atoms with Crippen LogP contribution in [0.15, 0.2) is 12.1 Å². The van der Waals surface area contributed by atoms with Gasteiger partial charge >= 0.3 is 5.97 Å². The van der Waals surface area contributed by atoms with Crippen molar-refractivity contribution in [1.82, 2.24) is 0 Å². The number of carboxylic acids is 1. The quantitative estimate of drug-likeness (QED) is 0.405. The zero-order valence-electron chi connectivity index (χ0n) is 11.3. The zero-order valence-corrected chi connectivity index (χ0v) is 12.1. The van der Waals surface area contributed by atoms with E-state index in [0.29, 0.717) is 5.75 Å². The molecule has 0 heterocycles. The Hall–Kier alpha value is -2.22. The lowest BCUT2D eigenvalue weighted by atomic mass is 10.1. The summed E-state index contributed by atoms with van der Waals surface area (Å²) in [5.74, 6) is -0.363. The number of halogens is 1. The first kappa shape index (κ1) is 16.8. The second kappa shape index (κ2) is 8.15. The normalized spacial score (nSPS) is 10.0. The summed E-state index contributed by atoms with van der Waals surface area (Å²) in [6, 6.07) is 2.72. The first-order valence-electron chi connectivity index (χ1n) is 5.99. The number of hydrogen-bond acceptors (Lipinski definition) is 6. The molecule has 0 aliphatic rings. The molecule has 0 aliphatic heterocycles. The van der Waals surface area contributed by atoms with Gasteiger partial charge in [0.1, 0.15) is 6.61 Å². The number of hydrogen-bond donors (Lipinski definition) is 2. The Balaban J connectivity index is 3.05. The number of anilines is 1. The van der Waals surface area contributed by atoms with Crippen LogP contribution in [0.25, 0.3) is 0 Å². The van der Waals surface area contributed by atoms with Crippen LogP contribution >= 0.6 is 11.6 Å². The number of carboxylic acid groups (broad SMARTS) is 1. The Kier molecular flexibility index (Phi) is 6.54. The van der Waals surface area contributed by atoms with Crippen molar-refractivity contribution >= 4 is 23.3 Å². The third kappa shape index (κ3) is 4.99. The van der Waals surface area contributed by atoms with Crippen LogP contribution in [0.2, 0.25) is 0 Å². The molecule has 21 heavy (non-hydrogen) atoms. The van der Waals surface area contributed by atoms with E-state index in [9.17, 15) is 14.9 Å². The highest BCUT2D eigenvalue weighted by atomic mass is 35.5. The summed E-state index contributed by atoms with van der Waals surface area (Å²) in [7, 11) is 1.38. The van der Waals surface area contributed by atoms with Gasteiger partial charge in [0.05, 0.1) is 30.8 Å². The second-order valence-electron chi connectivity index (χ2n) is 3.87. The van der Waals surface area contributed by atoms with Crippen LogP contribution in [-0.4, -0.2) is 48.7 Å². The first-order valence-corrected chi connectivity index (χ1v) is 6.52. The van der Waals surface area contributed by atoms with E-state index >= 15 is 0 Å². The standard InChI is InChI=1S/C12H15ClN2O6/c1-20-10-6-8(12(16)17)9(14-3-4-15(18)19)7-11(10)21-5-2-13/h6-7,14H,2-5H2,1H3,(H,16,17). The third-order valence-electron chi connectivity index (χ3n) is 2.48. The summed E-state index contributed by atoms with van der Waals surface area (Å²) < 4.78 is 10.4. The van der Waals surface area contributed by atoms with Crippen molar-refractivity contribution in [3.05, 3.63) is 27.8 Å². The van der Waals surface area contributed by atoms with Gasteiger partial charge in [-0.15, -0.1) is 11.6 Å². The second-order valence-corrected chi connectivity index (χ2v) is 4.25. The van der Waals surface area contributed by atoms with E-state index in [2.05, 4.69) is 5.32 Å². The van der Waals surface area contributed by atoms with Gasteiger partial charge in [0.25, 0.3) is 0 Å². The van der Waals surface area contributed by atoms with Gasteiger partial charge in [0.2, 0.25) is 6.54 Å². The number of benzene rings is 1. The molecule has 0 atom stereocenters. The van der Waals surface area contributed by atoms with Crippen LogP contribution in [0.5, 0.6) is 11.5 Å². The minimum Gasteiger partial charge on any atom is -0.493 e. The minimum atomic E-state index is -1.18. The molecule has 8 nitrogen and oxygen atoms in total. The summed E-state index contributed by atoms with van der Waals surface area (Å²) in [4.78, 5) is 21.0. The van der Waals surface area contributed by atoms with Crippen LogP contribution in [0, 0.1) is 10.1 Å². The topological polar surface area (TPSA) is 111 Å². The zero-order chi connectivity index (χ0) is 15.8. The van der Waals surface area contributed by atoms with Crippen molar-refractivity contribution in [2.24, 2.45) is 0 Å². The molecule has 1 aromatic rings. The van der Waals surface area contributed by atoms with Crippen LogP contribution in [0.4, 0.5) is 5.69 Å². The van der Waals surface area contributed by atoms with Crippen molar-refractivity contribution < 1.29 is 24.3 Å². The average Bonchev–Trinajstić information content (AvgIpc) is 2.44. The summed E-state index contributed by atoms with van der Waals surface area (Å²) in [6.07, 6.45) is 0. The van der Waals surface area contributed by atoms with E-state index in [1.54, 1.807) is 0 Å². The number of carbonyl (C=O) groups is 1. The summed E-state index contributed by atoms with van der Waals surface area (Å²) >= 11 is 5.54. The van der Waals surface area contributed by atoms with Gasteiger partial charge in [-0.3, -0.25) is 10.1 Å². The van der Waals surface area contributed by atoms with E-state index in [0.717, 1.165) is 0 Å². The number of aromatic carboxylic acids is 1. The van der Waals surface area contributed by atoms with E-state index in [4.69, 9.17) is 26.2 Å². The average molecular weight is 319 g/mol. The lowest BCUT2D eigenvalue weighted by molar-refractivity contribution is -0.476. The van der Waals surface area contributed by atoms with E-state index in [-0.39, 0.29) is 42.6 Å². The number of nitro groups is 1. The van der Waals surface area contributed by atoms with E-state index in [1.807, 2.05) is 0 Å². The molecule has 0 aromatic heterocycles. The van der Waals surface area contributed by atoms with Crippen molar-refractivity contribution in [1.29, 1.82) is 0 Å². The summed E-state index contributed by atoms with van der Waals surface area (Å²) in [5, 5.41) is 22.2. The lowest BCUT2D eigenvalue weighted by Crippen LogP contribution is -2.15. The van der Waals surface area contributed by atoms with Crippen LogP contribution in [-0.2, 0) is 0 Å². The van der Waals surface area contributed by atoms with Crippen molar-refractivity contribution in [2.45, 2.75) is 0 Å². The number of nitrogens with one attached hydrogen (secondary N) is 1. The predicted octanol–water partition coefficient (Wildman–Crippen LogP) is 1.70. The van der Waals surface area contributed by atoms with Gasteiger partial charge < -0.3 is 19.9 Å². The highest BCUT2D eigenvalue weighted by Gasteiger charge is 2.16. The maximum absolute atomic E-state index is 11.2. The molecule has 1 rings (SSSR count). The van der Waals surface area contributed by atoms with E-state index in [1.165, 1.54) is 19.2 Å². The maximum atomic E-state index is 11.2. The summed E-state index contributed by atoms with van der Waals surface area (Å²) in [5.41, 5.74) is 0.156. The fourth-order valence-corrected chi connectivity index (χ4v) is 1.66. The van der Waals surface area contributed by atoms with Gasteiger partial charge in [0.15, 0.2) is 11.5 Å². The van der Waals surface area contributed by atoms with Crippen molar-refractivity contribution in [2.75, 3.05) is 38.0 Å². The molecule has 116 valence electrons. The van der Waals surface area contributed by atoms with Crippen LogP contribution in [0.1, 0.15) is 10.4 Å². The molecular formula is C12H15ClN2O6. The van der Waals surface area contributed by atoms with Crippen molar-refractivity contribution in [3.63, 3.8) is 0 Å². The van der Waals surface area contributed by atoms with Gasteiger partial charge in [0, 0.05) is 17.1 Å². The highest BCUT2D eigenvalue weighted by molar-refractivity contribution is 6.18. The molecule has 1 aromatic carbocycles. The molecular weight excluding hydrogens is 304 g/mol. The molecule has 0 saturated heterocycles. The van der Waals surface area contributed by atoms with Gasteiger partial charge in [-0.25, -0.2) is 4.79 Å². The maximum Gasteiger partial charge on any atom is 0.337 e. The summed E-state index contributed by atoms with van der Waals surface area (Å²) in [6.45, 7) is -0.115. The molecule has 0 spiro atoms. The number of alkyl halides is 1. The van der Waals surface area contributed by atoms with Gasteiger partial charge in [-0.1, -0.05) is 0 Å². The highest BCUT2D eigenvalue weighted by Crippen LogP contribution is 2.33. The number of ether oxygens (including phenoxy) is 2. The largest absolute Gasteiger partial charge is 0.493 e. The number of rotatable bonds is 9. The minimum absolute atomic E-state index is 0.00540. The van der Waals surface area contributed by atoms with E-state index < -0.39 is 10.9 Å². The monoisotopic (exact) mass is 318 g/mol. The fourth-order valence-electron chi connectivity index (χ4n) is 1.59. The number of methoxy groups -OCH3 is 1. The smallest absolute Gasteiger partial charge is 0.337 e. The van der Waals surface area contributed by atoms with Crippen LogP contribution < -0.4 is 14.8 Å². The lowest BCUT2D eigenvalue weighted by Gasteiger charge is -2.14. The first-order chi connectivity index (χ1) is 9.99. The number of nitrogens with zero attached hydrogens (tertiary/aromatic N) is 1. The SMILES string of the molecule is COc1cc(C(=O)O)c(NCC[N+](=O)[O-])cc1OCCCl. The Labute approximate surface area is 125 Å². The molecule has 0 bridgehead atoms. The molecule has 0 aliphatic carbocycles. The van der Waals surface area contributed by atoms with Crippen molar-refractivity contribution in [3.8, 4) is 11.5 Å². The van der Waals surface area contributed by atoms with Gasteiger partial charge in [-0.05, 0) is 0 Å².